The lowest BCUT2D eigenvalue weighted by atomic mass is 10.1. The van der Waals surface area contributed by atoms with Crippen molar-refractivity contribution in [3.8, 4) is 0 Å². The van der Waals surface area contributed by atoms with E-state index in [-0.39, 0.29) is 11.7 Å². The van der Waals surface area contributed by atoms with Gasteiger partial charge in [0.1, 0.15) is 5.82 Å². The van der Waals surface area contributed by atoms with Gasteiger partial charge in [0.2, 0.25) is 0 Å². The van der Waals surface area contributed by atoms with Crippen LogP contribution in [0.2, 0.25) is 0 Å². The third-order valence-corrected chi connectivity index (χ3v) is 2.62. The summed E-state index contributed by atoms with van der Waals surface area (Å²) in [5.41, 5.74) is 6.29. The molecular formula is C13H20FN3O2. The summed E-state index contributed by atoms with van der Waals surface area (Å²) in [5, 5.41) is 14.5. The summed E-state index contributed by atoms with van der Waals surface area (Å²) in [6.07, 6.45) is 0.887. The predicted octanol–water partition coefficient (Wildman–Crippen LogP) is 1.44. The first kappa shape index (κ1) is 15.4. The molecular weight excluding hydrogens is 249 g/mol. The summed E-state index contributed by atoms with van der Waals surface area (Å²) in [7, 11) is 0. The third kappa shape index (κ3) is 5.23. The molecule has 1 aromatic carbocycles. The van der Waals surface area contributed by atoms with E-state index >= 15 is 0 Å². The minimum absolute atomic E-state index is 0.102. The Morgan fingerprint density at radius 2 is 2.32 bits per heavy atom. The molecule has 0 spiro atoms. The van der Waals surface area contributed by atoms with Gasteiger partial charge in [-0.3, -0.25) is 0 Å². The fourth-order valence-electron chi connectivity index (χ4n) is 1.57. The summed E-state index contributed by atoms with van der Waals surface area (Å²) in [6, 6.07) is 4.50. The minimum Gasteiger partial charge on any atom is -0.409 e. The van der Waals surface area contributed by atoms with Gasteiger partial charge >= 0.3 is 0 Å². The Labute approximate surface area is 112 Å². The maximum absolute atomic E-state index is 13.7. The number of rotatable bonds is 8. The molecule has 0 aromatic heterocycles. The fourth-order valence-corrected chi connectivity index (χ4v) is 1.57. The quantitative estimate of drug-likeness (QED) is 0.219. The highest BCUT2D eigenvalue weighted by molar-refractivity contribution is 5.97. The van der Waals surface area contributed by atoms with Crippen LogP contribution in [0.3, 0.4) is 0 Å². The van der Waals surface area contributed by atoms with Crippen molar-refractivity contribution in [3.63, 3.8) is 0 Å². The zero-order chi connectivity index (χ0) is 14.1. The zero-order valence-electron chi connectivity index (χ0n) is 11.0. The Bertz CT molecular complexity index is 424. The van der Waals surface area contributed by atoms with Crippen LogP contribution in [0.5, 0.6) is 0 Å². The van der Waals surface area contributed by atoms with Gasteiger partial charge in [-0.05, 0) is 26.0 Å². The molecule has 4 N–H and O–H groups in total. The van der Waals surface area contributed by atoms with Crippen LogP contribution in [0.25, 0.3) is 0 Å². The van der Waals surface area contributed by atoms with Crippen molar-refractivity contribution in [2.75, 3.05) is 19.8 Å². The molecule has 0 atom stereocenters. The minimum atomic E-state index is -0.374. The predicted molar refractivity (Wildman–Crippen MR) is 71.7 cm³/mol. The molecule has 0 saturated heterocycles. The van der Waals surface area contributed by atoms with Gasteiger partial charge in [-0.1, -0.05) is 17.3 Å². The van der Waals surface area contributed by atoms with Gasteiger partial charge in [-0.15, -0.1) is 0 Å². The van der Waals surface area contributed by atoms with Crippen LogP contribution in [0, 0.1) is 5.82 Å². The monoisotopic (exact) mass is 269 g/mol. The van der Waals surface area contributed by atoms with Crippen molar-refractivity contribution in [1.29, 1.82) is 0 Å². The van der Waals surface area contributed by atoms with Crippen LogP contribution in [0.4, 0.5) is 4.39 Å². The molecule has 0 unspecified atom stereocenters. The number of oxime groups is 1. The maximum atomic E-state index is 13.7. The summed E-state index contributed by atoms with van der Waals surface area (Å²) in [4.78, 5) is 0. The molecule has 106 valence electrons. The van der Waals surface area contributed by atoms with Crippen LogP contribution in [-0.2, 0) is 11.3 Å². The first-order chi connectivity index (χ1) is 9.19. The van der Waals surface area contributed by atoms with E-state index in [1.165, 1.54) is 6.07 Å². The summed E-state index contributed by atoms with van der Waals surface area (Å²) in [6.45, 7) is 4.57. The Kier molecular flexibility index (Phi) is 6.84. The van der Waals surface area contributed by atoms with Crippen LogP contribution in [0.15, 0.2) is 23.4 Å². The number of ether oxygens (including phenoxy) is 1. The molecule has 0 bridgehead atoms. The molecule has 5 nitrogen and oxygen atoms in total. The molecule has 0 fully saturated rings. The molecule has 19 heavy (non-hydrogen) atoms. The maximum Gasteiger partial charge on any atom is 0.170 e. The lowest BCUT2D eigenvalue weighted by Crippen LogP contribution is -2.18. The second-order valence-electron chi connectivity index (χ2n) is 4.02. The molecule has 1 rings (SSSR count). The summed E-state index contributed by atoms with van der Waals surface area (Å²) in [5.74, 6) is -0.475. The summed E-state index contributed by atoms with van der Waals surface area (Å²) >= 11 is 0. The van der Waals surface area contributed by atoms with Gasteiger partial charge in [0.15, 0.2) is 5.84 Å². The van der Waals surface area contributed by atoms with Crippen molar-refractivity contribution in [2.24, 2.45) is 10.9 Å². The Morgan fingerprint density at radius 1 is 1.53 bits per heavy atom. The van der Waals surface area contributed by atoms with Crippen molar-refractivity contribution in [3.05, 3.63) is 35.1 Å². The highest BCUT2D eigenvalue weighted by Gasteiger charge is 2.06. The lowest BCUT2D eigenvalue weighted by molar-refractivity contribution is 0.144. The van der Waals surface area contributed by atoms with Gasteiger partial charge in [0.25, 0.3) is 0 Å². The van der Waals surface area contributed by atoms with Gasteiger partial charge in [-0.2, -0.15) is 0 Å². The van der Waals surface area contributed by atoms with E-state index in [1.807, 2.05) is 6.92 Å². The molecule has 0 amide bonds. The van der Waals surface area contributed by atoms with Crippen molar-refractivity contribution < 1.29 is 14.3 Å². The molecule has 1 aromatic rings. The lowest BCUT2D eigenvalue weighted by Gasteiger charge is -2.07. The van der Waals surface area contributed by atoms with E-state index < -0.39 is 0 Å². The van der Waals surface area contributed by atoms with Gasteiger partial charge in [-0.25, -0.2) is 4.39 Å². The normalized spacial score (nSPS) is 11.8. The van der Waals surface area contributed by atoms with Crippen molar-refractivity contribution >= 4 is 5.84 Å². The number of benzene rings is 1. The second-order valence-corrected chi connectivity index (χ2v) is 4.02. The standard InChI is InChI=1S/C13H20FN3O2/c1-2-19-7-3-6-16-9-11-5-4-10(8-12(11)14)13(15)17-18/h4-5,8,16,18H,2-3,6-7,9H2,1H3,(H2,15,17). The highest BCUT2D eigenvalue weighted by Crippen LogP contribution is 2.10. The molecule has 0 radical (unpaired) electrons. The second kappa shape index (κ2) is 8.44. The van der Waals surface area contributed by atoms with Crippen LogP contribution in [-0.4, -0.2) is 30.8 Å². The topological polar surface area (TPSA) is 79.9 Å². The Hall–Kier alpha value is -1.66. The van der Waals surface area contributed by atoms with Gasteiger partial charge < -0.3 is 21.0 Å². The molecule has 0 aliphatic heterocycles. The third-order valence-electron chi connectivity index (χ3n) is 2.62. The number of nitrogens with zero attached hydrogens (tertiary/aromatic N) is 1. The SMILES string of the molecule is CCOCCCNCc1ccc(C(N)=NO)cc1F. The Morgan fingerprint density at radius 3 is 2.95 bits per heavy atom. The number of nitrogens with one attached hydrogen (secondary N) is 1. The number of hydrogen-bond acceptors (Lipinski definition) is 4. The average molecular weight is 269 g/mol. The van der Waals surface area contributed by atoms with Crippen LogP contribution < -0.4 is 11.1 Å². The van der Waals surface area contributed by atoms with Gasteiger partial charge in [0.05, 0.1) is 0 Å². The fraction of sp³-hybridized carbons (Fsp3) is 0.462. The van der Waals surface area contributed by atoms with Crippen molar-refractivity contribution in [2.45, 2.75) is 19.9 Å². The van der Waals surface area contributed by atoms with Gasteiger partial charge in [0, 0.05) is 30.9 Å². The molecule has 0 aliphatic carbocycles. The molecule has 6 heteroatoms. The Balaban J connectivity index is 2.43. The highest BCUT2D eigenvalue weighted by atomic mass is 19.1. The van der Waals surface area contributed by atoms with E-state index in [0.29, 0.717) is 30.9 Å². The van der Waals surface area contributed by atoms with E-state index in [0.717, 1.165) is 13.0 Å². The largest absolute Gasteiger partial charge is 0.409 e. The number of hydrogen-bond donors (Lipinski definition) is 3. The van der Waals surface area contributed by atoms with Crippen LogP contribution in [0.1, 0.15) is 24.5 Å². The van der Waals surface area contributed by atoms with Crippen LogP contribution >= 0.6 is 0 Å². The number of halogens is 1. The van der Waals surface area contributed by atoms with E-state index in [2.05, 4.69) is 10.5 Å². The average Bonchev–Trinajstić information content (AvgIpc) is 2.43. The zero-order valence-corrected chi connectivity index (χ0v) is 11.0. The molecule has 0 saturated carbocycles. The summed E-state index contributed by atoms with van der Waals surface area (Å²) < 4.78 is 18.9. The van der Waals surface area contributed by atoms with E-state index in [1.54, 1.807) is 12.1 Å². The smallest absolute Gasteiger partial charge is 0.170 e. The molecule has 0 heterocycles. The molecule has 0 aliphatic rings. The van der Waals surface area contributed by atoms with E-state index in [9.17, 15) is 4.39 Å². The van der Waals surface area contributed by atoms with E-state index in [4.69, 9.17) is 15.7 Å². The number of amidine groups is 1. The first-order valence-corrected chi connectivity index (χ1v) is 6.23. The number of nitrogens with two attached hydrogens (primary N) is 1. The van der Waals surface area contributed by atoms with Crippen molar-refractivity contribution in [1.82, 2.24) is 5.32 Å². The first-order valence-electron chi connectivity index (χ1n) is 6.23.